The highest BCUT2D eigenvalue weighted by molar-refractivity contribution is 5.80. The fourth-order valence-corrected chi connectivity index (χ4v) is 3.65. The van der Waals surface area contributed by atoms with E-state index in [1.165, 1.54) is 24.3 Å². The zero-order valence-corrected chi connectivity index (χ0v) is 15.5. The number of amides is 2. The number of nitrogens with zero attached hydrogens (tertiary/aromatic N) is 2. The fourth-order valence-electron chi connectivity index (χ4n) is 3.65. The van der Waals surface area contributed by atoms with Gasteiger partial charge in [0, 0.05) is 39.0 Å². The summed E-state index contributed by atoms with van der Waals surface area (Å²) in [6.07, 6.45) is 3.45. The molecule has 0 bridgehead atoms. The summed E-state index contributed by atoms with van der Waals surface area (Å²) in [4.78, 5) is 27.6. The van der Waals surface area contributed by atoms with Crippen LogP contribution in [0.25, 0.3) is 0 Å². The van der Waals surface area contributed by atoms with Crippen LogP contribution >= 0.6 is 0 Å². The van der Waals surface area contributed by atoms with E-state index < -0.39 is 5.60 Å². The lowest BCUT2D eigenvalue weighted by Crippen LogP contribution is -2.39. The number of hydrogen-bond donors (Lipinski definition) is 1. The van der Waals surface area contributed by atoms with Crippen molar-refractivity contribution in [3.05, 3.63) is 30.1 Å². The molecule has 148 valence electrons. The average Bonchev–Trinajstić information content (AvgIpc) is 2.96. The van der Waals surface area contributed by atoms with Crippen LogP contribution in [0.3, 0.4) is 0 Å². The van der Waals surface area contributed by atoms with Crippen molar-refractivity contribution in [3.8, 4) is 5.75 Å². The summed E-state index contributed by atoms with van der Waals surface area (Å²) in [5.74, 6) is 0.335. The first-order valence-electron chi connectivity index (χ1n) is 9.61. The predicted molar refractivity (Wildman–Crippen MR) is 97.7 cm³/mol. The molecule has 1 aromatic carbocycles. The molecule has 1 aromatic rings. The van der Waals surface area contributed by atoms with Crippen molar-refractivity contribution in [2.45, 2.75) is 44.1 Å². The van der Waals surface area contributed by atoms with Gasteiger partial charge in [-0.1, -0.05) is 0 Å². The maximum absolute atomic E-state index is 12.9. The minimum Gasteiger partial charge on any atom is -0.491 e. The molecule has 1 N–H and O–H groups in total. The van der Waals surface area contributed by atoms with Crippen LogP contribution < -0.4 is 4.74 Å². The second kappa shape index (κ2) is 8.69. The van der Waals surface area contributed by atoms with Gasteiger partial charge in [0.05, 0.1) is 0 Å². The molecular formula is C20H27FN2O4. The molecule has 6 nitrogen and oxygen atoms in total. The molecule has 2 aliphatic heterocycles. The third-order valence-electron chi connectivity index (χ3n) is 5.36. The van der Waals surface area contributed by atoms with Crippen LogP contribution in [0.1, 0.15) is 38.5 Å². The largest absolute Gasteiger partial charge is 0.491 e. The Morgan fingerprint density at radius 1 is 1.15 bits per heavy atom. The molecule has 0 radical (unpaired) electrons. The molecule has 2 aliphatic rings. The Morgan fingerprint density at radius 3 is 2.63 bits per heavy atom. The molecule has 2 saturated heterocycles. The van der Waals surface area contributed by atoms with Gasteiger partial charge in [-0.25, -0.2) is 4.39 Å². The van der Waals surface area contributed by atoms with Gasteiger partial charge in [-0.15, -0.1) is 0 Å². The number of benzene rings is 1. The number of halogens is 1. The summed E-state index contributed by atoms with van der Waals surface area (Å²) in [5.41, 5.74) is -1.01. The Hall–Kier alpha value is -2.15. The summed E-state index contributed by atoms with van der Waals surface area (Å²) in [5, 5.41) is 10.8. The van der Waals surface area contributed by atoms with E-state index in [1.54, 1.807) is 9.80 Å². The molecule has 0 aromatic heterocycles. The number of ether oxygens (including phenoxy) is 1. The van der Waals surface area contributed by atoms with E-state index in [-0.39, 0.29) is 24.2 Å². The molecule has 2 amide bonds. The fraction of sp³-hybridized carbons (Fsp3) is 0.600. The Morgan fingerprint density at radius 2 is 1.93 bits per heavy atom. The van der Waals surface area contributed by atoms with Gasteiger partial charge in [-0.3, -0.25) is 9.59 Å². The lowest BCUT2D eigenvalue weighted by molar-refractivity contribution is -0.133. The summed E-state index contributed by atoms with van der Waals surface area (Å²) in [7, 11) is 0. The summed E-state index contributed by atoms with van der Waals surface area (Å²) < 4.78 is 18.6. The van der Waals surface area contributed by atoms with E-state index in [1.807, 2.05) is 0 Å². The van der Waals surface area contributed by atoms with Crippen LogP contribution in [0, 0.1) is 5.82 Å². The molecule has 27 heavy (non-hydrogen) atoms. The zero-order valence-electron chi connectivity index (χ0n) is 15.5. The van der Waals surface area contributed by atoms with Gasteiger partial charge < -0.3 is 19.6 Å². The van der Waals surface area contributed by atoms with Crippen LogP contribution in [0.15, 0.2) is 24.3 Å². The minimum atomic E-state index is -1.01. The van der Waals surface area contributed by atoms with E-state index in [9.17, 15) is 19.1 Å². The Labute approximate surface area is 158 Å². The monoisotopic (exact) mass is 378 g/mol. The van der Waals surface area contributed by atoms with Crippen molar-refractivity contribution in [3.63, 3.8) is 0 Å². The first-order valence-corrected chi connectivity index (χ1v) is 9.61. The van der Waals surface area contributed by atoms with Crippen molar-refractivity contribution < 1.29 is 23.8 Å². The van der Waals surface area contributed by atoms with E-state index in [0.717, 1.165) is 13.0 Å². The Bertz CT molecular complexity index is 666. The summed E-state index contributed by atoms with van der Waals surface area (Å²) >= 11 is 0. The quantitative estimate of drug-likeness (QED) is 0.822. The van der Waals surface area contributed by atoms with Crippen LogP contribution in [-0.4, -0.2) is 65.1 Å². The third kappa shape index (κ3) is 5.42. The molecule has 0 aliphatic carbocycles. The number of likely N-dealkylation sites (tertiary alicyclic amines) is 2. The highest BCUT2D eigenvalue weighted by Gasteiger charge is 2.32. The average molecular weight is 378 g/mol. The number of carbonyl (C=O) groups is 2. The predicted octanol–water partition coefficient (Wildman–Crippen LogP) is 1.96. The van der Waals surface area contributed by atoms with Crippen molar-refractivity contribution in [2.24, 2.45) is 0 Å². The molecule has 1 atom stereocenters. The third-order valence-corrected chi connectivity index (χ3v) is 5.36. The first kappa shape index (κ1) is 19.6. The Balaban J connectivity index is 1.46. The second-order valence-electron chi connectivity index (χ2n) is 7.44. The number of rotatable bonds is 6. The number of hydrogen-bond acceptors (Lipinski definition) is 4. The van der Waals surface area contributed by atoms with E-state index >= 15 is 0 Å². The van der Waals surface area contributed by atoms with Crippen molar-refractivity contribution in [2.75, 3.05) is 32.8 Å². The van der Waals surface area contributed by atoms with Gasteiger partial charge >= 0.3 is 0 Å². The molecule has 7 heteroatoms. The first-order chi connectivity index (χ1) is 13.0. The van der Waals surface area contributed by atoms with Crippen molar-refractivity contribution in [1.29, 1.82) is 0 Å². The van der Waals surface area contributed by atoms with E-state index in [0.29, 0.717) is 57.5 Å². The molecule has 2 fully saturated rings. The summed E-state index contributed by atoms with van der Waals surface area (Å²) in [6.45, 7) is 2.41. The maximum atomic E-state index is 12.9. The van der Waals surface area contributed by atoms with Crippen LogP contribution in [-0.2, 0) is 9.59 Å². The molecule has 1 unspecified atom stereocenters. The van der Waals surface area contributed by atoms with Crippen molar-refractivity contribution in [1.82, 2.24) is 9.80 Å². The lowest BCUT2D eigenvalue weighted by atomic mass is 9.96. The Kier molecular flexibility index (Phi) is 6.31. The zero-order chi connectivity index (χ0) is 19.3. The van der Waals surface area contributed by atoms with Gasteiger partial charge in [0.15, 0.2) is 0 Å². The van der Waals surface area contributed by atoms with Crippen LogP contribution in [0.5, 0.6) is 5.75 Å². The molecular weight excluding hydrogens is 351 g/mol. The van der Waals surface area contributed by atoms with Crippen LogP contribution in [0.2, 0.25) is 0 Å². The van der Waals surface area contributed by atoms with E-state index in [2.05, 4.69) is 0 Å². The lowest BCUT2D eigenvalue weighted by Gasteiger charge is -2.27. The highest BCUT2D eigenvalue weighted by Crippen LogP contribution is 2.24. The van der Waals surface area contributed by atoms with E-state index in [4.69, 9.17) is 4.74 Å². The topological polar surface area (TPSA) is 70.1 Å². The van der Waals surface area contributed by atoms with Gasteiger partial charge in [0.1, 0.15) is 23.8 Å². The molecule has 3 rings (SSSR count). The maximum Gasteiger partial charge on any atom is 0.224 e. The number of carbonyl (C=O) groups excluding carboxylic acids is 2. The number of aliphatic hydroxyl groups is 1. The molecule has 2 heterocycles. The van der Waals surface area contributed by atoms with Crippen LogP contribution in [0.4, 0.5) is 4.39 Å². The normalized spacial score (nSPS) is 23.4. The van der Waals surface area contributed by atoms with Gasteiger partial charge in [-0.2, -0.15) is 0 Å². The highest BCUT2D eigenvalue weighted by atomic mass is 19.1. The smallest absolute Gasteiger partial charge is 0.224 e. The van der Waals surface area contributed by atoms with Gasteiger partial charge in [0.25, 0.3) is 0 Å². The molecule has 0 spiro atoms. The van der Waals surface area contributed by atoms with Crippen molar-refractivity contribution >= 4 is 11.8 Å². The van der Waals surface area contributed by atoms with Gasteiger partial charge in [0.2, 0.25) is 11.8 Å². The SMILES string of the molecule is O=C1CCCN1CCC(=O)N1CCCC(O)(COc2ccc(F)cc2)CC1. The standard InChI is InChI=1S/C20H27FN2O4/c21-16-4-6-17(7-5-16)27-15-20(26)9-2-12-23(14-10-20)19(25)8-13-22-11-1-3-18(22)24/h4-7,26H,1-3,8-15H2. The second-order valence-corrected chi connectivity index (χ2v) is 7.44. The molecule has 0 saturated carbocycles. The minimum absolute atomic E-state index is 0.0263. The summed E-state index contributed by atoms with van der Waals surface area (Å²) in [6, 6.07) is 5.70. The van der Waals surface area contributed by atoms with Gasteiger partial charge in [-0.05, 0) is 49.9 Å².